The SMILES string of the molecule is OCC1=CC(NC(CO)C(O)C(O)C(O)CO)C(O)C(O)C1O. The normalized spacial score (nSPS) is 33.7. The van der Waals surface area contributed by atoms with E-state index in [-0.39, 0.29) is 5.57 Å². The molecule has 0 spiro atoms. The van der Waals surface area contributed by atoms with Crippen molar-refractivity contribution in [1.82, 2.24) is 5.32 Å². The second-order valence-corrected chi connectivity index (χ2v) is 5.54. The quantitative estimate of drug-likeness (QED) is 0.190. The molecule has 0 saturated carbocycles. The molecule has 0 aromatic rings. The van der Waals surface area contributed by atoms with Gasteiger partial charge in [-0.2, -0.15) is 0 Å². The summed E-state index contributed by atoms with van der Waals surface area (Å²) in [4.78, 5) is 0. The summed E-state index contributed by atoms with van der Waals surface area (Å²) in [5.41, 5.74) is 0.0439. The van der Waals surface area contributed by atoms with Crippen LogP contribution in [0.25, 0.3) is 0 Å². The van der Waals surface area contributed by atoms with Crippen LogP contribution in [0.3, 0.4) is 0 Å². The maximum absolute atomic E-state index is 9.93. The van der Waals surface area contributed by atoms with Crippen LogP contribution in [0.15, 0.2) is 11.6 Å². The minimum Gasteiger partial charge on any atom is -0.395 e. The van der Waals surface area contributed by atoms with Crippen molar-refractivity contribution >= 4 is 0 Å². The third-order valence-electron chi connectivity index (χ3n) is 3.94. The molecular formula is C13H25NO9. The Hall–Kier alpha value is -0.660. The van der Waals surface area contributed by atoms with E-state index in [0.29, 0.717) is 0 Å². The van der Waals surface area contributed by atoms with Crippen LogP contribution in [0.5, 0.6) is 0 Å². The third kappa shape index (κ3) is 4.67. The van der Waals surface area contributed by atoms with Crippen LogP contribution in [-0.4, -0.2) is 114 Å². The Morgan fingerprint density at radius 1 is 0.913 bits per heavy atom. The summed E-state index contributed by atoms with van der Waals surface area (Å²) < 4.78 is 0. The maximum Gasteiger partial charge on any atom is 0.111 e. The van der Waals surface area contributed by atoms with Crippen molar-refractivity contribution in [3.63, 3.8) is 0 Å². The highest BCUT2D eigenvalue weighted by Gasteiger charge is 2.39. The van der Waals surface area contributed by atoms with Crippen LogP contribution in [0, 0.1) is 0 Å². The van der Waals surface area contributed by atoms with E-state index >= 15 is 0 Å². The van der Waals surface area contributed by atoms with E-state index < -0.39 is 68.5 Å². The molecule has 0 radical (unpaired) electrons. The van der Waals surface area contributed by atoms with E-state index in [4.69, 9.17) is 10.2 Å². The molecule has 0 amide bonds. The fourth-order valence-corrected chi connectivity index (χ4v) is 2.42. The van der Waals surface area contributed by atoms with Gasteiger partial charge in [0.1, 0.15) is 36.6 Å². The van der Waals surface area contributed by atoms with Gasteiger partial charge in [0.25, 0.3) is 0 Å². The van der Waals surface area contributed by atoms with E-state index in [1.54, 1.807) is 0 Å². The lowest BCUT2D eigenvalue weighted by atomic mass is 9.87. The van der Waals surface area contributed by atoms with Crippen LogP contribution in [0.4, 0.5) is 0 Å². The van der Waals surface area contributed by atoms with Crippen molar-refractivity contribution in [2.24, 2.45) is 0 Å². The summed E-state index contributed by atoms with van der Waals surface area (Å²) in [5.74, 6) is 0. The predicted octanol–water partition coefficient (Wildman–Crippen LogP) is -5.60. The first-order chi connectivity index (χ1) is 10.8. The summed E-state index contributed by atoms with van der Waals surface area (Å²) in [7, 11) is 0. The Morgan fingerprint density at radius 3 is 2.00 bits per heavy atom. The van der Waals surface area contributed by atoms with Gasteiger partial charge in [-0.05, 0) is 5.57 Å². The molecule has 8 unspecified atom stereocenters. The van der Waals surface area contributed by atoms with Crippen molar-refractivity contribution in [1.29, 1.82) is 0 Å². The maximum atomic E-state index is 9.93. The molecule has 1 aliphatic rings. The molecule has 136 valence electrons. The Morgan fingerprint density at radius 2 is 1.52 bits per heavy atom. The number of aliphatic hydroxyl groups excluding tert-OH is 9. The number of nitrogens with one attached hydrogen (secondary N) is 1. The largest absolute Gasteiger partial charge is 0.395 e. The first-order valence-electron chi connectivity index (χ1n) is 7.16. The second kappa shape index (κ2) is 8.99. The molecule has 23 heavy (non-hydrogen) atoms. The van der Waals surface area contributed by atoms with Gasteiger partial charge >= 0.3 is 0 Å². The minimum atomic E-state index is -1.76. The van der Waals surface area contributed by atoms with Gasteiger partial charge in [0.15, 0.2) is 0 Å². The van der Waals surface area contributed by atoms with Gasteiger partial charge in [0, 0.05) is 0 Å². The van der Waals surface area contributed by atoms with Crippen molar-refractivity contribution in [2.75, 3.05) is 19.8 Å². The summed E-state index contributed by atoms with van der Waals surface area (Å²) >= 11 is 0. The summed E-state index contributed by atoms with van der Waals surface area (Å²) in [5, 5.41) is 88.0. The molecule has 0 heterocycles. The summed E-state index contributed by atoms with van der Waals surface area (Å²) in [6.45, 7) is -2.07. The van der Waals surface area contributed by atoms with Crippen molar-refractivity contribution < 1.29 is 46.0 Å². The predicted molar refractivity (Wildman–Crippen MR) is 76.1 cm³/mol. The average Bonchev–Trinajstić information content (AvgIpc) is 2.57. The molecular weight excluding hydrogens is 314 g/mol. The fourth-order valence-electron chi connectivity index (χ4n) is 2.42. The second-order valence-electron chi connectivity index (χ2n) is 5.54. The molecule has 0 aromatic carbocycles. The van der Waals surface area contributed by atoms with Gasteiger partial charge < -0.3 is 51.3 Å². The Bertz CT molecular complexity index is 394. The molecule has 10 heteroatoms. The minimum absolute atomic E-state index is 0.0439. The van der Waals surface area contributed by atoms with Gasteiger partial charge in [0.05, 0.1) is 31.9 Å². The highest BCUT2D eigenvalue weighted by Crippen LogP contribution is 2.21. The Kier molecular flexibility index (Phi) is 7.97. The lowest BCUT2D eigenvalue weighted by molar-refractivity contribution is -0.0994. The molecule has 10 N–H and O–H groups in total. The number of hydrogen-bond acceptors (Lipinski definition) is 10. The van der Waals surface area contributed by atoms with Gasteiger partial charge in [-0.15, -0.1) is 0 Å². The molecule has 8 atom stereocenters. The topological polar surface area (TPSA) is 194 Å². The average molecular weight is 339 g/mol. The zero-order valence-electron chi connectivity index (χ0n) is 12.3. The van der Waals surface area contributed by atoms with Crippen LogP contribution < -0.4 is 5.32 Å². The summed E-state index contributed by atoms with van der Waals surface area (Å²) in [6, 6.07) is -2.26. The van der Waals surface area contributed by atoms with Crippen LogP contribution in [0.1, 0.15) is 0 Å². The molecule has 1 aliphatic carbocycles. The molecule has 0 fully saturated rings. The number of rotatable bonds is 8. The summed E-state index contributed by atoms with van der Waals surface area (Å²) in [6.07, 6.45) is -8.38. The number of aliphatic hydroxyl groups is 9. The van der Waals surface area contributed by atoms with Crippen LogP contribution in [-0.2, 0) is 0 Å². The molecule has 0 bridgehead atoms. The fraction of sp³-hybridized carbons (Fsp3) is 0.846. The van der Waals surface area contributed by atoms with Gasteiger partial charge in [-0.1, -0.05) is 6.08 Å². The standard InChI is InChI=1S/C13H25NO9/c15-2-5-1-6(10(20)13(23)9(5)19)14-7(3-16)11(21)12(22)8(18)4-17/h1,6-23H,2-4H2. The Labute approximate surface area is 132 Å². The molecule has 0 aromatic heterocycles. The smallest absolute Gasteiger partial charge is 0.111 e. The molecule has 0 aliphatic heterocycles. The van der Waals surface area contributed by atoms with E-state index in [1.165, 1.54) is 6.08 Å². The first-order valence-corrected chi connectivity index (χ1v) is 7.16. The van der Waals surface area contributed by atoms with E-state index in [9.17, 15) is 35.7 Å². The lowest BCUT2D eigenvalue weighted by Gasteiger charge is -2.38. The Balaban J connectivity index is 2.87. The van der Waals surface area contributed by atoms with Crippen LogP contribution in [0.2, 0.25) is 0 Å². The number of hydrogen-bond donors (Lipinski definition) is 10. The highest BCUT2D eigenvalue weighted by molar-refractivity contribution is 5.22. The van der Waals surface area contributed by atoms with Crippen molar-refractivity contribution in [3.8, 4) is 0 Å². The van der Waals surface area contributed by atoms with Crippen molar-refractivity contribution in [2.45, 2.75) is 48.7 Å². The highest BCUT2D eigenvalue weighted by atomic mass is 16.4. The third-order valence-corrected chi connectivity index (χ3v) is 3.94. The van der Waals surface area contributed by atoms with Gasteiger partial charge in [-0.3, -0.25) is 0 Å². The van der Waals surface area contributed by atoms with Crippen molar-refractivity contribution in [3.05, 3.63) is 11.6 Å². The van der Waals surface area contributed by atoms with Gasteiger partial charge in [0.2, 0.25) is 0 Å². The lowest BCUT2D eigenvalue weighted by Crippen LogP contribution is -2.61. The molecule has 0 saturated heterocycles. The van der Waals surface area contributed by atoms with E-state index in [0.717, 1.165) is 0 Å². The monoisotopic (exact) mass is 339 g/mol. The zero-order chi connectivity index (χ0) is 17.7. The molecule has 1 rings (SSSR count). The van der Waals surface area contributed by atoms with Gasteiger partial charge in [-0.25, -0.2) is 0 Å². The molecule has 10 nitrogen and oxygen atoms in total. The van der Waals surface area contributed by atoms with E-state index in [2.05, 4.69) is 5.32 Å². The first kappa shape index (κ1) is 20.4. The van der Waals surface area contributed by atoms with Crippen LogP contribution >= 0.6 is 0 Å². The van der Waals surface area contributed by atoms with E-state index in [1.807, 2.05) is 0 Å². The zero-order valence-corrected chi connectivity index (χ0v) is 12.3.